The minimum Gasteiger partial charge on any atom is -0.463 e. The first kappa shape index (κ1) is 35.2. The van der Waals surface area contributed by atoms with Gasteiger partial charge in [-0.2, -0.15) is 0 Å². The molecule has 0 rings (SSSR count). The number of carbonyl (C=O) groups excluding carboxylic acids is 1. The molecule has 0 aliphatic rings. The lowest BCUT2D eigenvalue weighted by Gasteiger charge is -2.24. The maximum absolute atomic E-state index is 11.8. The van der Waals surface area contributed by atoms with E-state index in [0.29, 0.717) is 17.4 Å². The van der Waals surface area contributed by atoms with Gasteiger partial charge in [-0.3, -0.25) is 13.8 Å². The van der Waals surface area contributed by atoms with E-state index in [0.717, 1.165) is 38.5 Å². The Morgan fingerprint density at radius 1 is 0.838 bits per heavy atom. The first-order valence-electron chi connectivity index (χ1n) is 13.1. The second-order valence-corrected chi connectivity index (χ2v) is 11.0. The second kappa shape index (κ2) is 22.2. The normalized spacial score (nSPS) is 15.5. The van der Waals surface area contributed by atoms with Crippen LogP contribution in [0.25, 0.3) is 0 Å². The quantitative estimate of drug-likeness (QED) is 0.0599. The van der Waals surface area contributed by atoms with Crippen LogP contribution in [-0.4, -0.2) is 74.1 Å². The van der Waals surface area contributed by atoms with Crippen LogP contribution in [-0.2, 0) is 23.1 Å². The fourth-order valence-electron chi connectivity index (χ4n) is 2.69. The molecular formula is C28H49NO7P+. The molecule has 0 amide bonds. The smallest absolute Gasteiger partial charge is 0.463 e. The number of quaternary nitrogens is 1. The number of likely N-dealkylation sites (N-methyl/N-ethyl adjacent to an activating group) is 1. The fourth-order valence-corrected chi connectivity index (χ4v) is 3.44. The van der Waals surface area contributed by atoms with E-state index < -0.39 is 26.5 Å². The Morgan fingerprint density at radius 3 is 1.86 bits per heavy atom. The van der Waals surface area contributed by atoms with Crippen LogP contribution in [0.3, 0.4) is 0 Å². The molecule has 0 radical (unpaired) electrons. The van der Waals surface area contributed by atoms with E-state index in [9.17, 15) is 19.4 Å². The van der Waals surface area contributed by atoms with Crippen molar-refractivity contribution in [1.29, 1.82) is 0 Å². The predicted molar refractivity (Wildman–Crippen MR) is 150 cm³/mol. The Morgan fingerprint density at radius 2 is 1.35 bits per heavy atom. The van der Waals surface area contributed by atoms with E-state index in [1.54, 1.807) is 0 Å². The van der Waals surface area contributed by atoms with Crippen LogP contribution in [0.2, 0.25) is 0 Å². The number of ether oxygens (including phenoxy) is 1. The second-order valence-electron chi connectivity index (χ2n) is 9.55. The monoisotopic (exact) mass is 542 g/mol. The van der Waals surface area contributed by atoms with Gasteiger partial charge in [0.2, 0.25) is 0 Å². The van der Waals surface area contributed by atoms with Crippen molar-refractivity contribution in [3.05, 3.63) is 60.8 Å². The van der Waals surface area contributed by atoms with E-state index in [2.05, 4.69) is 61.6 Å². The minimum absolute atomic E-state index is 0.0419. The van der Waals surface area contributed by atoms with Gasteiger partial charge in [0, 0.05) is 6.42 Å². The number of aliphatic hydroxyl groups excluding tert-OH is 1. The van der Waals surface area contributed by atoms with Crippen LogP contribution in [0.1, 0.15) is 58.3 Å². The zero-order valence-corrected chi connectivity index (χ0v) is 24.1. The molecule has 0 saturated carbocycles. The summed E-state index contributed by atoms with van der Waals surface area (Å²) in [4.78, 5) is 21.4. The number of hydrogen-bond donors (Lipinski definition) is 2. The lowest BCUT2D eigenvalue weighted by atomic mass is 10.2. The lowest BCUT2D eigenvalue weighted by molar-refractivity contribution is -0.870. The van der Waals surface area contributed by atoms with Crippen molar-refractivity contribution in [1.82, 2.24) is 0 Å². The third-order valence-electron chi connectivity index (χ3n) is 4.79. The van der Waals surface area contributed by atoms with Crippen molar-refractivity contribution in [3.63, 3.8) is 0 Å². The Labute approximate surface area is 224 Å². The van der Waals surface area contributed by atoms with Crippen molar-refractivity contribution in [2.24, 2.45) is 0 Å². The summed E-state index contributed by atoms with van der Waals surface area (Å²) < 4.78 is 27.0. The van der Waals surface area contributed by atoms with Gasteiger partial charge in [-0.1, -0.05) is 67.7 Å². The number of phosphoric ester groups is 1. The zero-order chi connectivity index (χ0) is 27.8. The minimum atomic E-state index is -4.26. The molecule has 0 fully saturated rings. The highest BCUT2D eigenvalue weighted by Crippen LogP contribution is 2.43. The number of carbonyl (C=O) groups is 1. The molecule has 0 heterocycles. The topological polar surface area (TPSA) is 102 Å². The molecule has 0 aliphatic carbocycles. The highest BCUT2D eigenvalue weighted by atomic mass is 31.2. The summed E-state index contributed by atoms with van der Waals surface area (Å²) in [5.41, 5.74) is 0. The van der Waals surface area contributed by atoms with Gasteiger partial charge < -0.3 is 19.2 Å². The van der Waals surface area contributed by atoms with Crippen molar-refractivity contribution >= 4 is 13.8 Å². The number of esters is 1. The molecule has 212 valence electrons. The number of phosphoric acid groups is 1. The van der Waals surface area contributed by atoms with Crippen LogP contribution >= 0.6 is 7.82 Å². The summed E-state index contributed by atoms with van der Waals surface area (Å²) in [6.07, 6.45) is 26.6. The highest BCUT2D eigenvalue weighted by Gasteiger charge is 2.24. The van der Waals surface area contributed by atoms with Crippen LogP contribution in [0.5, 0.6) is 0 Å². The summed E-state index contributed by atoms with van der Waals surface area (Å²) in [5, 5.41) is 9.82. The molecule has 37 heavy (non-hydrogen) atoms. The first-order chi connectivity index (χ1) is 17.6. The number of rotatable bonds is 22. The highest BCUT2D eigenvalue weighted by molar-refractivity contribution is 7.47. The van der Waals surface area contributed by atoms with Crippen molar-refractivity contribution in [3.8, 4) is 0 Å². The Hall–Kier alpha value is -1.80. The zero-order valence-electron chi connectivity index (χ0n) is 23.2. The third-order valence-corrected chi connectivity index (χ3v) is 5.78. The molecule has 2 unspecified atom stereocenters. The molecule has 9 heteroatoms. The number of aliphatic hydroxyl groups is 1. The number of allylic oxidation sites excluding steroid dienone is 10. The van der Waals surface area contributed by atoms with Crippen LogP contribution in [0, 0.1) is 0 Å². The average Bonchev–Trinajstić information content (AvgIpc) is 2.82. The summed E-state index contributed by atoms with van der Waals surface area (Å²) >= 11 is 0. The van der Waals surface area contributed by atoms with Crippen LogP contribution < -0.4 is 0 Å². The van der Waals surface area contributed by atoms with Crippen LogP contribution in [0.15, 0.2) is 60.8 Å². The summed E-state index contributed by atoms with van der Waals surface area (Å²) in [6, 6.07) is 0. The van der Waals surface area contributed by atoms with E-state index in [-0.39, 0.29) is 19.6 Å². The summed E-state index contributed by atoms with van der Waals surface area (Å²) in [5.74, 6) is -0.433. The van der Waals surface area contributed by atoms with Crippen molar-refractivity contribution in [2.45, 2.75) is 64.4 Å². The van der Waals surface area contributed by atoms with Gasteiger partial charge >= 0.3 is 13.8 Å². The third kappa shape index (κ3) is 27.1. The maximum Gasteiger partial charge on any atom is 0.472 e. The van der Waals surface area contributed by atoms with E-state index in [1.165, 1.54) is 0 Å². The molecule has 0 aliphatic heterocycles. The fraction of sp³-hybridized carbons (Fsp3) is 0.607. The first-order valence-corrected chi connectivity index (χ1v) is 14.6. The SMILES string of the molecule is CC/C=C\C/C=C\C/C=C\C/C=C\C/C=C\CCCC(=O)OCC(O)COP(=O)(O)OCC[N+](C)(C)C. The molecule has 0 bridgehead atoms. The molecular weight excluding hydrogens is 493 g/mol. The van der Waals surface area contributed by atoms with E-state index >= 15 is 0 Å². The van der Waals surface area contributed by atoms with Gasteiger partial charge in [0.15, 0.2) is 0 Å². The Balaban J connectivity index is 3.78. The van der Waals surface area contributed by atoms with E-state index in [4.69, 9.17) is 13.8 Å². The number of unbranched alkanes of at least 4 members (excludes halogenated alkanes) is 1. The molecule has 0 aromatic heterocycles. The number of nitrogens with zero attached hydrogens (tertiary/aromatic N) is 1. The number of hydrogen-bond acceptors (Lipinski definition) is 6. The standard InChI is InChI=1S/C28H48NO7P/c1-5-6-7-8-9-10-11-12-13-14-15-16-17-18-19-20-21-22-28(31)34-25-27(30)26-36-37(32,33)35-24-23-29(2,3)4/h6-7,9-10,12-13,15-16,18-19,27,30H,5,8,11,14,17,20-26H2,1-4H3/p+1/b7-6-,10-9-,13-12-,16-15-,19-18-. The largest absolute Gasteiger partial charge is 0.472 e. The predicted octanol–water partition coefficient (Wildman–Crippen LogP) is 5.65. The molecule has 0 saturated heterocycles. The lowest BCUT2D eigenvalue weighted by Crippen LogP contribution is -2.37. The summed E-state index contributed by atoms with van der Waals surface area (Å²) in [6.45, 7) is 1.92. The average molecular weight is 543 g/mol. The molecule has 0 aromatic rings. The van der Waals surface area contributed by atoms with Gasteiger partial charge in [-0.15, -0.1) is 0 Å². The van der Waals surface area contributed by atoms with Gasteiger partial charge in [0.25, 0.3) is 0 Å². The van der Waals surface area contributed by atoms with Crippen molar-refractivity contribution < 1.29 is 37.6 Å². The summed E-state index contributed by atoms with van der Waals surface area (Å²) in [7, 11) is 1.52. The van der Waals surface area contributed by atoms with Gasteiger partial charge in [0.05, 0.1) is 27.7 Å². The van der Waals surface area contributed by atoms with E-state index in [1.807, 2.05) is 27.2 Å². The maximum atomic E-state index is 11.8. The van der Waals surface area contributed by atoms with Crippen molar-refractivity contribution in [2.75, 3.05) is 47.5 Å². The van der Waals surface area contributed by atoms with Crippen LogP contribution in [0.4, 0.5) is 0 Å². The van der Waals surface area contributed by atoms with Gasteiger partial charge in [-0.05, 0) is 44.9 Å². The molecule has 8 nitrogen and oxygen atoms in total. The molecule has 2 N–H and O–H groups in total. The van der Waals surface area contributed by atoms with Gasteiger partial charge in [-0.25, -0.2) is 4.57 Å². The Bertz CT molecular complexity index is 782. The Kier molecular flexibility index (Phi) is 21.1. The molecule has 0 spiro atoms. The molecule has 0 aromatic carbocycles. The molecule has 2 atom stereocenters. The van der Waals surface area contributed by atoms with Gasteiger partial charge in [0.1, 0.15) is 25.9 Å².